The molecule has 1 heterocycles. The number of carbonyl (C=O) groups excluding carboxylic acids is 3. The van der Waals surface area contributed by atoms with E-state index in [1.165, 1.54) is 18.3 Å². The molecule has 1 aromatic carbocycles. The number of urea groups is 1. The Morgan fingerprint density at radius 2 is 1.90 bits per heavy atom. The monoisotopic (exact) mass is 416 g/mol. The lowest BCUT2D eigenvalue weighted by Gasteiger charge is -2.35. The Morgan fingerprint density at radius 1 is 1.14 bits per heavy atom. The number of primary amides is 1. The molecule has 0 saturated heterocycles. The van der Waals surface area contributed by atoms with Gasteiger partial charge in [-0.25, -0.2) is 9.78 Å². The van der Waals surface area contributed by atoms with Gasteiger partial charge in [-0.2, -0.15) is 0 Å². The second-order valence-electron chi connectivity index (χ2n) is 6.88. The zero-order valence-corrected chi connectivity index (χ0v) is 16.2. The number of carbonyl (C=O) groups is 3. The van der Waals surface area contributed by atoms with Crippen LogP contribution in [0.5, 0.6) is 0 Å². The molecular formula is C19H21ClN6O3. The molecule has 1 saturated carbocycles. The predicted octanol–water partition coefficient (Wildman–Crippen LogP) is 1.75. The van der Waals surface area contributed by atoms with Crippen molar-refractivity contribution < 1.29 is 14.4 Å². The molecule has 1 aliphatic carbocycles. The molecule has 0 bridgehead atoms. The highest BCUT2D eigenvalue weighted by Crippen LogP contribution is 2.27. The molecule has 7 N–H and O–H groups in total. The second-order valence-corrected chi connectivity index (χ2v) is 7.29. The van der Waals surface area contributed by atoms with Gasteiger partial charge in [0, 0.05) is 18.3 Å². The molecule has 3 rings (SSSR count). The SMILES string of the molecule is NC(=O)Nc1ccc(Cl)c(C(=O)NCC2CC(NC(=O)c3ccc(N)cn3)C2)c1. The van der Waals surface area contributed by atoms with Crippen LogP contribution >= 0.6 is 11.6 Å². The summed E-state index contributed by atoms with van der Waals surface area (Å²) in [5, 5.41) is 8.41. The largest absolute Gasteiger partial charge is 0.397 e. The van der Waals surface area contributed by atoms with Crippen molar-refractivity contribution in [2.45, 2.75) is 18.9 Å². The normalized spacial score (nSPS) is 17.7. The average Bonchev–Trinajstić information content (AvgIpc) is 2.64. The van der Waals surface area contributed by atoms with Crippen LogP contribution in [0.4, 0.5) is 16.2 Å². The number of nitrogens with one attached hydrogen (secondary N) is 3. The van der Waals surface area contributed by atoms with E-state index in [2.05, 4.69) is 20.9 Å². The van der Waals surface area contributed by atoms with Gasteiger partial charge in [0.1, 0.15) is 5.69 Å². The topological polar surface area (TPSA) is 152 Å². The minimum absolute atomic E-state index is 0.0374. The minimum Gasteiger partial charge on any atom is -0.397 e. The standard InChI is InChI=1S/C19H21ClN6O3/c20-15-3-2-12(26-19(22)29)7-14(15)17(27)24-8-10-5-13(6-10)25-18(28)16-4-1-11(21)9-23-16/h1-4,7,9-10,13H,5-6,8,21H2,(H,24,27)(H,25,28)(H3,22,26,29). The lowest BCUT2D eigenvalue weighted by Crippen LogP contribution is -2.47. The van der Waals surface area contributed by atoms with E-state index in [1.54, 1.807) is 18.2 Å². The highest BCUT2D eigenvalue weighted by atomic mass is 35.5. The molecule has 0 spiro atoms. The molecule has 0 unspecified atom stereocenters. The van der Waals surface area contributed by atoms with Crippen LogP contribution in [-0.2, 0) is 0 Å². The number of rotatable bonds is 6. The minimum atomic E-state index is -0.726. The van der Waals surface area contributed by atoms with Crippen molar-refractivity contribution in [1.29, 1.82) is 0 Å². The Kier molecular flexibility index (Phi) is 6.18. The number of amides is 4. The Labute approximate surface area is 172 Å². The van der Waals surface area contributed by atoms with E-state index in [9.17, 15) is 14.4 Å². The van der Waals surface area contributed by atoms with Gasteiger partial charge < -0.3 is 27.4 Å². The zero-order chi connectivity index (χ0) is 21.0. The highest BCUT2D eigenvalue weighted by molar-refractivity contribution is 6.34. The van der Waals surface area contributed by atoms with E-state index in [0.717, 1.165) is 12.8 Å². The van der Waals surface area contributed by atoms with Crippen LogP contribution in [0.15, 0.2) is 36.5 Å². The Balaban J connectivity index is 1.45. The number of hydrogen-bond acceptors (Lipinski definition) is 5. The molecule has 0 radical (unpaired) electrons. The molecule has 4 amide bonds. The maximum atomic E-state index is 12.4. The molecule has 1 aromatic heterocycles. The van der Waals surface area contributed by atoms with Gasteiger partial charge >= 0.3 is 6.03 Å². The summed E-state index contributed by atoms with van der Waals surface area (Å²) >= 11 is 6.07. The van der Waals surface area contributed by atoms with Crippen LogP contribution in [0.25, 0.3) is 0 Å². The molecule has 1 aliphatic rings. The summed E-state index contributed by atoms with van der Waals surface area (Å²) in [5.74, 6) is -0.348. The molecule has 9 nitrogen and oxygen atoms in total. The summed E-state index contributed by atoms with van der Waals surface area (Å²) in [6.07, 6.45) is 2.93. The van der Waals surface area contributed by atoms with Crippen LogP contribution < -0.4 is 27.4 Å². The third-order valence-corrected chi connectivity index (χ3v) is 4.95. The first kappa shape index (κ1) is 20.4. The van der Waals surface area contributed by atoms with E-state index in [0.29, 0.717) is 23.6 Å². The lowest BCUT2D eigenvalue weighted by atomic mass is 9.80. The van der Waals surface area contributed by atoms with Crippen LogP contribution in [-0.4, -0.2) is 35.4 Å². The number of aromatic nitrogens is 1. The quantitative estimate of drug-likeness (QED) is 0.485. The molecule has 0 atom stereocenters. The summed E-state index contributed by atoms with van der Waals surface area (Å²) in [6, 6.07) is 7.05. The van der Waals surface area contributed by atoms with Crippen LogP contribution in [0.3, 0.4) is 0 Å². The highest BCUT2D eigenvalue weighted by Gasteiger charge is 2.31. The number of hydrogen-bond donors (Lipinski definition) is 5. The van der Waals surface area contributed by atoms with Crippen molar-refractivity contribution in [1.82, 2.24) is 15.6 Å². The van der Waals surface area contributed by atoms with Gasteiger partial charge in [-0.05, 0) is 49.1 Å². The summed E-state index contributed by atoms with van der Waals surface area (Å²) in [4.78, 5) is 39.5. The molecular weight excluding hydrogens is 396 g/mol. The van der Waals surface area contributed by atoms with Gasteiger partial charge in [0.25, 0.3) is 11.8 Å². The number of nitrogens with two attached hydrogens (primary N) is 2. The van der Waals surface area contributed by atoms with Crippen molar-refractivity contribution in [2.75, 3.05) is 17.6 Å². The van der Waals surface area contributed by atoms with Crippen LogP contribution in [0, 0.1) is 5.92 Å². The Hall–Kier alpha value is -3.33. The third kappa shape index (κ3) is 5.35. The van der Waals surface area contributed by atoms with Crippen LogP contribution in [0.2, 0.25) is 5.02 Å². The Bertz CT molecular complexity index is 928. The number of anilines is 2. The fraction of sp³-hybridized carbons (Fsp3) is 0.263. The second kappa shape index (κ2) is 8.78. The van der Waals surface area contributed by atoms with Crippen molar-refractivity contribution in [2.24, 2.45) is 11.7 Å². The van der Waals surface area contributed by atoms with E-state index in [-0.39, 0.29) is 34.4 Å². The molecule has 29 heavy (non-hydrogen) atoms. The predicted molar refractivity (Wildman–Crippen MR) is 110 cm³/mol. The first-order valence-electron chi connectivity index (χ1n) is 8.98. The maximum absolute atomic E-state index is 12.4. The van der Waals surface area contributed by atoms with Gasteiger partial charge in [0.05, 0.1) is 22.5 Å². The number of benzene rings is 1. The van der Waals surface area contributed by atoms with Gasteiger partial charge in [-0.15, -0.1) is 0 Å². The number of nitrogens with zero attached hydrogens (tertiary/aromatic N) is 1. The number of pyridine rings is 1. The molecule has 1 fully saturated rings. The molecule has 2 aromatic rings. The number of halogens is 1. The zero-order valence-electron chi connectivity index (χ0n) is 15.4. The third-order valence-electron chi connectivity index (χ3n) is 4.62. The summed E-state index contributed by atoms with van der Waals surface area (Å²) in [6.45, 7) is 0.454. The van der Waals surface area contributed by atoms with Crippen molar-refractivity contribution in [3.05, 3.63) is 52.8 Å². The first-order valence-corrected chi connectivity index (χ1v) is 9.36. The van der Waals surface area contributed by atoms with E-state index in [1.807, 2.05) is 0 Å². The van der Waals surface area contributed by atoms with Gasteiger partial charge in [-0.1, -0.05) is 11.6 Å². The van der Waals surface area contributed by atoms with Crippen molar-refractivity contribution in [3.8, 4) is 0 Å². The van der Waals surface area contributed by atoms with Gasteiger partial charge in [-0.3, -0.25) is 9.59 Å². The van der Waals surface area contributed by atoms with E-state index in [4.69, 9.17) is 23.1 Å². The lowest BCUT2D eigenvalue weighted by molar-refractivity contribution is 0.0859. The fourth-order valence-electron chi connectivity index (χ4n) is 3.07. The maximum Gasteiger partial charge on any atom is 0.316 e. The number of nitrogen functional groups attached to an aromatic ring is 1. The van der Waals surface area contributed by atoms with Crippen molar-refractivity contribution >= 4 is 40.8 Å². The van der Waals surface area contributed by atoms with Gasteiger partial charge in [0.2, 0.25) is 0 Å². The summed E-state index contributed by atoms with van der Waals surface area (Å²) in [5.41, 5.74) is 12.1. The molecule has 10 heteroatoms. The smallest absolute Gasteiger partial charge is 0.316 e. The molecule has 0 aliphatic heterocycles. The van der Waals surface area contributed by atoms with Crippen LogP contribution in [0.1, 0.15) is 33.7 Å². The van der Waals surface area contributed by atoms with Crippen molar-refractivity contribution in [3.63, 3.8) is 0 Å². The summed E-state index contributed by atoms with van der Waals surface area (Å²) < 4.78 is 0. The fourth-order valence-corrected chi connectivity index (χ4v) is 3.27. The first-order chi connectivity index (χ1) is 13.8. The molecule has 152 valence electrons. The summed E-state index contributed by atoms with van der Waals surface area (Å²) in [7, 11) is 0. The van der Waals surface area contributed by atoms with Gasteiger partial charge in [0.15, 0.2) is 0 Å². The average molecular weight is 417 g/mol. The van der Waals surface area contributed by atoms with E-state index < -0.39 is 6.03 Å². The van der Waals surface area contributed by atoms with E-state index >= 15 is 0 Å². The Morgan fingerprint density at radius 3 is 2.55 bits per heavy atom.